The number of piperazine rings is 1. The van der Waals surface area contributed by atoms with Crippen molar-refractivity contribution in [2.75, 3.05) is 33.2 Å². The minimum absolute atomic E-state index is 0.00161. The Hall–Kier alpha value is -0.750. The molecule has 0 spiro atoms. The molecule has 1 amide bonds. The molecule has 0 aromatic carbocycles. The SMILES string of the molecule is CN1CCN(C(=O)c2cc3c([nH]2)CC(O)C(Cl)(Cl)C3)CC1. The van der Waals surface area contributed by atoms with Gasteiger partial charge in [0.15, 0.2) is 0 Å². The lowest BCUT2D eigenvalue weighted by Crippen LogP contribution is -2.47. The summed E-state index contributed by atoms with van der Waals surface area (Å²) < 4.78 is -1.18. The summed E-state index contributed by atoms with van der Waals surface area (Å²) in [5.74, 6) is 0.00161. The van der Waals surface area contributed by atoms with E-state index in [4.69, 9.17) is 23.2 Å². The van der Waals surface area contributed by atoms with Gasteiger partial charge in [-0.1, -0.05) is 23.2 Å². The third-order valence-electron chi connectivity index (χ3n) is 4.32. The van der Waals surface area contributed by atoms with E-state index in [1.165, 1.54) is 0 Å². The van der Waals surface area contributed by atoms with Crippen LogP contribution in [0.5, 0.6) is 0 Å². The minimum Gasteiger partial charge on any atom is -0.390 e. The molecule has 1 aliphatic carbocycles. The monoisotopic (exact) mass is 331 g/mol. The van der Waals surface area contributed by atoms with Crippen molar-refractivity contribution in [1.29, 1.82) is 0 Å². The number of carbonyl (C=O) groups excluding carboxylic acids is 1. The van der Waals surface area contributed by atoms with Crippen LogP contribution in [0.2, 0.25) is 0 Å². The zero-order valence-corrected chi connectivity index (χ0v) is 13.4. The van der Waals surface area contributed by atoms with Crippen LogP contribution in [0, 0.1) is 0 Å². The highest BCUT2D eigenvalue weighted by atomic mass is 35.5. The Labute approximate surface area is 133 Å². The van der Waals surface area contributed by atoms with Crippen LogP contribution in [-0.2, 0) is 12.8 Å². The molecule has 5 nitrogen and oxygen atoms in total. The van der Waals surface area contributed by atoms with Crippen molar-refractivity contribution in [3.05, 3.63) is 23.0 Å². The Kier molecular flexibility index (Phi) is 3.94. The van der Waals surface area contributed by atoms with E-state index in [2.05, 4.69) is 16.9 Å². The number of alkyl halides is 2. The van der Waals surface area contributed by atoms with Crippen molar-refractivity contribution in [2.45, 2.75) is 23.3 Å². The first-order valence-corrected chi connectivity index (χ1v) is 7.87. The van der Waals surface area contributed by atoms with E-state index in [0.29, 0.717) is 18.5 Å². The highest BCUT2D eigenvalue weighted by molar-refractivity contribution is 6.49. The van der Waals surface area contributed by atoms with E-state index in [1.54, 1.807) is 0 Å². The molecule has 7 heteroatoms. The summed E-state index contributed by atoms with van der Waals surface area (Å²) in [7, 11) is 2.05. The number of amides is 1. The molecule has 2 N–H and O–H groups in total. The van der Waals surface area contributed by atoms with Gasteiger partial charge in [0.05, 0.1) is 6.10 Å². The molecule has 0 radical (unpaired) electrons. The molecule has 1 aliphatic heterocycles. The maximum Gasteiger partial charge on any atom is 0.270 e. The van der Waals surface area contributed by atoms with Gasteiger partial charge in [0, 0.05) is 44.7 Å². The highest BCUT2D eigenvalue weighted by Gasteiger charge is 2.40. The summed E-state index contributed by atoms with van der Waals surface area (Å²) in [4.78, 5) is 19.7. The van der Waals surface area contributed by atoms with Crippen molar-refractivity contribution in [3.63, 3.8) is 0 Å². The second-order valence-electron chi connectivity index (χ2n) is 5.94. The van der Waals surface area contributed by atoms with E-state index in [-0.39, 0.29) is 5.91 Å². The number of nitrogens with zero attached hydrogens (tertiary/aromatic N) is 2. The van der Waals surface area contributed by atoms with Crippen molar-refractivity contribution in [3.8, 4) is 0 Å². The summed E-state index contributed by atoms with van der Waals surface area (Å²) in [5.41, 5.74) is 2.34. The number of aromatic amines is 1. The lowest BCUT2D eigenvalue weighted by atomic mass is 9.94. The Morgan fingerprint density at radius 1 is 1.38 bits per heavy atom. The molecule has 1 unspecified atom stereocenters. The standard InChI is InChI=1S/C14H19Cl2N3O2/c1-18-2-4-19(5-3-18)13(21)11-6-9-8-14(15,16)12(20)7-10(9)17-11/h6,12,17,20H,2-5,7-8H2,1H3. The van der Waals surface area contributed by atoms with Gasteiger partial charge in [-0.25, -0.2) is 0 Å². The van der Waals surface area contributed by atoms with Crippen molar-refractivity contribution in [2.24, 2.45) is 0 Å². The van der Waals surface area contributed by atoms with Gasteiger partial charge in [-0.05, 0) is 18.7 Å². The van der Waals surface area contributed by atoms with Gasteiger partial charge in [0.1, 0.15) is 10.0 Å². The first-order valence-electron chi connectivity index (χ1n) is 7.11. The fourth-order valence-corrected chi connectivity index (χ4v) is 3.33. The summed E-state index contributed by atoms with van der Waals surface area (Å²) in [6.07, 6.45) is -0.129. The predicted octanol–water partition coefficient (Wildman–Crippen LogP) is 1.04. The zero-order chi connectivity index (χ0) is 15.2. The highest BCUT2D eigenvalue weighted by Crippen LogP contribution is 2.37. The van der Waals surface area contributed by atoms with E-state index < -0.39 is 10.4 Å². The number of likely N-dealkylation sites (N-methyl/N-ethyl adjacent to an activating group) is 1. The largest absolute Gasteiger partial charge is 0.390 e. The lowest BCUT2D eigenvalue weighted by molar-refractivity contribution is 0.0658. The van der Waals surface area contributed by atoms with Crippen LogP contribution in [0.4, 0.5) is 0 Å². The molecule has 1 aromatic rings. The topological polar surface area (TPSA) is 59.6 Å². The quantitative estimate of drug-likeness (QED) is 0.756. The number of nitrogens with one attached hydrogen (secondary N) is 1. The molecular weight excluding hydrogens is 313 g/mol. The fourth-order valence-electron chi connectivity index (χ4n) is 2.89. The second-order valence-corrected chi connectivity index (χ2v) is 7.48. The Balaban J connectivity index is 1.77. The van der Waals surface area contributed by atoms with Gasteiger partial charge in [-0.15, -0.1) is 0 Å². The average Bonchev–Trinajstić information content (AvgIpc) is 2.81. The zero-order valence-electron chi connectivity index (χ0n) is 11.9. The Bertz CT molecular complexity index is 550. The lowest BCUT2D eigenvalue weighted by Gasteiger charge is -2.32. The molecular formula is C14H19Cl2N3O2. The summed E-state index contributed by atoms with van der Waals surface area (Å²) in [6, 6.07) is 1.82. The number of aromatic nitrogens is 1. The number of hydrogen-bond donors (Lipinski definition) is 2. The van der Waals surface area contributed by atoms with Crippen LogP contribution in [0.15, 0.2) is 6.07 Å². The van der Waals surface area contributed by atoms with E-state index in [0.717, 1.165) is 37.4 Å². The molecule has 1 atom stereocenters. The third-order valence-corrected chi connectivity index (χ3v) is 5.09. The average molecular weight is 332 g/mol. The number of aliphatic hydroxyl groups excluding tert-OH is 1. The summed E-state index contributed by atoms with van der Waals surface area (Å²) >= 11 is 12.2. The smallest absolute Gasteiger partial charge is 0.270 e. The van der Waals surface area contributed by atoms with Gasteiger partial charge < -0.3 is 19.9 Å². The molecule has 2 aliphatic rings. The van der Waals surface area contributed by atoms with Crippen LogP contribution in [0.25, 0.3) is 0 Å². The first-order chi connectivity index (χ1) is 9.87. The van der Waals surface area contributed by atoms with Crippen LogP contribution >= 0.6 is 23.2 Å². The maximum atomic E-state index is 12.5. The summed E-state index contributed by atoms with van der Waals surface area (Å²) in [6.45, 7) is 3.24. The number of aliphatic hydroxyl groups is 1. The normalized spacial score (nSPS) is 25.7. The minimum atomic E-state index is -1.18. The molecule has 0 saturated carbocycles. The number of hydrogen-bond acceptors (Lipinski definition) is 3. The predicted molar refractivity (Wildman–Crippen MR) is 82.0 cm³/mol. The molecule has 116 valence electrons. The van der Waals surface area contributed by atoms with Gasteiger partial charge in [-0.3, -0.25) is 4.79 Å². The van der Waals surface area contributed by atoms with E-state index >= 15 is 0 Å². The van der Waals surface area contributed by atoms with Crippen molar-refractivity contribution in [1.82, 2.24) is 14.8 Å². The Morgan fingerprint density at radius 3 is 2.71 bits per heavy atom. The number of carbonyl (C=O) groups is 1. The molecule has 1 fully saturated rings. The second kappa shape index (κ2) is 5.47. The Morgan fingerprint density at radius 2 is 2.05 bits per heavy atom. The molecule has 0 bridgehead atoms. The number of rotatable bonds is 1. The maximum absolute atomic E-state index is 12.5. The van der Waals surface area contributed by atoms with Crippen LogP contribution < -0.4 is 0 Å². The molecule has 3 rings (SSSR count). The molecule has 1 aromatic heterocycles. The van der Waals surface area contributed by atoms with Crippen LogP contribution in [0.3, 0.4) is 0 Å². The van der Waals surface area contributed by atoms with Crippen molar-refractivity contribution >= 4 is 29.1 Å². The number of fused-ring (bicyclic) bond motifs is 1. The van der Waals surface area contributed by atoms with Gasteiger partial charge in [-0.2, -0.15) is 0 Å². The van der Waals surface area contributed by atoms with Crippen LogP contribution in [0.1, 0.15) is 21.7 Å². The van der Waals surface area contributed by atoms with E-state index in [9.17, 15) is 9.90 Å². The van der Waals surface area contributed by atoms with Crippen molar-refractivity contribution < 1.29 is 9.90 Å². The molecule has 1 saturated heterocycles. The summed E-state index contributed by atoms with van der Waals surface area (Å²) in [5, 5.41) is 9.92. The van der Waals surface area contributed by atoms with Gasteiger partial charge >= 0.3 is 0 Å². The fraction of sp³-hybridized carbons (Fsp3) is 0.643. The first kappa shape index (κ1) is 15.2. The van der Waals surface area contributed by atoms with E-state index in [1.807, 2.05) is 11.0 Å². The molecule has 21 heavy (non-hydrogen) atoms. The van der Waals surface area contributed by atoms with Gasteiger partial charge in [0.2, 0.25) is 0 Å². The number of halogens is 2. The van der Waals surface area contributed by atoms with Gasteiger partial charge in [0.25, 0.3) is 5.91 Å². The third kappa shape index (κ3) is 2.93. The number of H-pyrrole nitrogens is 1. The molecule has 2 heterocycles. The van der Waals surface area contributed by atoms with Crippen LogP contribution in [-0.4, -0.2) is 69.5 Å².